The molecule has 0 spiro atoms. The van der Waals surface area contributed by atoms with Gasteiger partial charge in [-0.2, -0.15) is 13.2 Å². The van der Waals surface area contributed by atoms with E-state index in [1.807, 2.05) is 0 Å². The third-order valence-corrected chi connectivity index (χ3v) is 5.05. The Morgan fingerprint density at radius 3 is 2.41 bits per heavy atom. The number of pyridine rings is 1. The maximum absolute atomic E-state index is 13.2. The summed E-state index contributed by atoms with van der Waals surface area (Å²) in [6, 6.07) is 4.28. The molecule has 0 bridgehead atoms. The number of aromatic nitrogens is 1. The molecule has 3 rings (SSSR count). The van der Waals surface area contributed by atoms with E-state index in [1.54, 1.807) is 20.8 Å². The number of fused-ring (bicyclic) bond motifs is 1. The second-order valence-corrected chi connectivity index (χ2v) is 8.81. The van der Waals surface area contributed by atoms with Gasteiger partial charge in [-0.1, -0.05) is 12.1 Å². The molecule has 1 aliphatic rings. The van der Waals surface area contributed by atoms with Gasteiger partial charge in [0.2, 0.25) is 0 Å². The van der Waals surface area contributed by atoms with E-state index in [0.29, 0.717) is 16.8 Å². The number of aromatic hydroxyl groups is 1. The molecular formula is C23H25F3N2O6. The van der Waals surface area contributed by atoms with E-state index in [4.69, 9.17) is 9.47 Å². The molecule has 1 aliphatic heterocycles. The summed E-state index contributed by atoms with van der Waals surface area (Å²) in [5.41, 5.74) is -1.98. The summed E-state index contributed by atoms with van der Waals surface area (Å²) in [4.78, 5) is 37.9. The first-order valence-electron chi connectivity index (χ1n) is 10.5. The number of hydrogen-bond acceptors (Lipinski definition) is 6. The first-order valence-corrected chi connectivity index (χ1v) is 10.5. The van der Waals surface area contributed by atoms with Crippen molar-refractivity contribution in [3.8, 4) is 5.75 Å². The number of esters is 1. The van der Waals surface area contributed by atoms with Gasteiger partial charge in [-0.3, -0.25) is 14.4 Å². The Labute approximate surface area is 193 Å². The van der Waals surface area contributed by atoms with Gasteiger partial charge in [0.25, 0.3) is 11.5 Å². The van der Waals surface area contributed by atoms with Crippen molar-refractivity contribution >= 4 is 11.9 Å². The van der Waals surface area contributed by atoms with Gasteiger partial charge in [0, 0.05) is 12.0 Å². The number of benzene rings is 1. The minimum atomic E-state index is -4.50. The van der Waals surface area contributed by atoms with Crippen LogP contribution in [0.2, 0.25) is 0 Å². The van der Waals surface area contributed by atoms with Crippen molar-refractivity contribution in [3.63, 3.8) is 0 Å². The molecule has 34 heavy (non-hydrogen) atoms. The lowest BCUT2D eigenvalue weighted by atomic mass is 10.0. The number of ether oxygens (including phenoxy) is 2. The molecule has 0 radical (unpaired) electrons. The molecule has 0 fully saturated rings. The number of hydrogen-bond donors (Lipinski definition) is 2. The second kappa shape index (κ2) is 9.49. The number of carbonyl (C=O) groups excluding carboxylic acids is 2. The van der Waals surface area contributed by atoms with Crippen molar-refractivity contribution in [3.05, 3.63) is 62.6 Å². The van der Waals surface area contributed by atoms with E-state index in [0.717, 1.165) is 12.1 Å². The molecule has 184 valence electrons. The summed E-state index contributed by atoms with van der Waals surface area (Å²) < 4.78 is 50.3. The molecular weight excluding hydrogens is 457 g/mol. The van der Waals surface area contributed by atoms with Gasteiger partial charge in [-0.15, -0.1) is 0 Å². The Hall–Kier alpha value is -3.34. The van der Waals surface area contributed by atoms with Crippen molar-refractivity contribution in [1.29, 1.82) is 0 Å². The Balaban J connectivity index is 1.94. The predicted molar refractivity (Wildman–Crippen MR) is 114 cm³/mol. The van der Waals surface area contributed by atoms with E-state index in [-0.39, 0.29) is 26.2 Å². The van der Waals surface area contributed by atoms with E-state index in [9.17, 15) is 32.7 Å². The first-order chi connectivity index (χ1) is 15.8. The highest BCUT2D eigenvalue weighted by molar-refractivity contribution is 5.98. The van der Waals surface area contributed by atoms with Crippen LogP contribution in [-0.4, -0.2) is 40.3 Å². The largest absolute Gasteiger partial charge is 0.507 e. The molecule has 0 atom stereocenters. The standard InChI is InChI=1S/C23H25F3N2O6/c1-22(2,3)34-17(29)10-27-20(31)18-19(30)15-8-9-33-12-16(15)28(21(18)32)11-13-4-6-14(7-5-13)23(24,25)26/h4-7,30H,8-12H2,1-3H3,(H,27,31). The van der Waals surface area contributed by atoms with Crippen molar-refractivity contribution in [1.82, 2.24) is 9.88 Å². The van der Waals surface area contributed by atoms with Crippen molar-refractivity contribution in [2.45, 2.75) is 52.1 Å². The molecule has 2 heterocycles. The highest BCUT2D eigenvalue weighted by Crippen LogP contribution is 2.30. The molecule has 0 aliphatic carbocycles. The molecule has 1 aromatic carbocycles. The lowest BCUT2D eigenvalue weighted by Gasteiger charge is -2.24. The van der Waals surface area contributed by atoms with Crippen LogP contribution in [-0.2, 0) is 40.0 Å². The Morgan fingerprint density at radius 1 is 1.18 bits per heavy atom. The summed E-state index contributed by atoms with van der Waals surface area (Å²) in [5.74, 6) is -2.20. The van der Waals surface area contributed by atoms with E-state index < -0.39 is 52.6 Å². The Morgan fingerprint density at radius 2 is 1.82 bits per heavy atom. The normalized spacial score (nSPS) is 13.8. The van der Waals surface area contributed by atoms with Crippen LogP contribution < -0.4 is 10.9 Å². The van der Waals surface area contributed by atoms with Crippen LogP contribution in [0.25, 0.3) is 0 Å². The number of nitrogens with one attached hydrogen (secondary N) is 1. The van der Waals surface area contributed by atoms with Crippen LogP contribution in [0.1, 0.15) is 53.5 Å². The van der Waals surface area contributed by atoms with Crippen molar-refractivity contribution < 1.29 is 37.3 Å². The zero-order valence-corrected chi connectivity index (χ0v) is 18.9. The van der Waals surface area contributed by atoms with Crippen LogP contribution in [0.4, 0.5) is 13.2 Å². The average molecular weight is 482 g/mol. The highest BCUT2D eigenvalue weighted by Gasteiger charge is 2.31. The average Bonchev–Trinajstić information content (AvgIpc) is 2.74. The van der Waals surface area contributed by atoms with Gasteiger partial charge in [-0.05, 0) is 38.5 Å². The van der Waals surface area contributed by atoms with Gasteiger partial charge >= 0.3 is 12.1 Å². The lowest BCUT2D eigenvalue weighted by Crippen LogP contribution is -2.39. The maximum Gasteiger partial charge on any atom is 0.416 e. The molecule has 0 saturated carbocycles. The molecule has 0 unspecified atom stereocenters. The summed E-state index contributed by atoms with van der Waals surface area (Å²) in [5, 5.41) is 13.0. The molecule has 1 amide bonds. The first kappa shape index (κ1) is 25.3. The smallest absolute Gasteiger partial charge is 0.416 e. The quantitative estimate of drug-likeness (QED) is 0.635. The van der Waals surface area contributed by atoms with E-state index in [1.165, 1.54) is 16.7 Å². The Kier molecular flexibility index (Phi) is 7.06. The number of alkyl halides is 3. The van der Waals surface area contributed by atoms with E-state index in [2.05, 4.69) is 5.32 Å². The third-order valence-electron chi connectivity index (χ3n) is 5.05. The molecule has 8 nitrogen and oxygen atoms in total. The summed E-state index contributed by atoms with van der Waals surface area (Å²) >= 11 is 0. The topological polar surface area (TPSA) is 107 Å². The van der Waals surface area contributed by atoms with Gasteiger partial charge < -0.3 is 24.5 Å². The summed E-state index contributed by atoms with van der Waals surface area (Å²) in [6.45, 7) is 4.54. The highest BCUT2D eigenvalue weighted by atomic mass is 19.4. The minimum absolute atomic E-state index is 0.0153. The van der Waals surface area contributed by atoms with Crippen LogP contribution in [0.3, 0.4) is 0 Å². The second-order valence-electron chi connectivity index (χ2n) is 8.81. The van der Waals surface area contributed by atoms with Gasteiger partial charge in [-0.25, -0.2) is 0 Å². The molecule has 0 saturated heterocycles. The molecule has 2 N–H and O–H groups in total. The molecule has 1 aromatic heterocycles. The number of nitrogens with zero attached hydrogens (tertiary/aromatic N) is 1. The maximum atomic E-state index is 13.2. The molecule has 11 heteroatoms. The number of amides is 1. The van der Waals surface area contributed by atoms with Crippen molar-refractivity contribution in [2.24, 2.45) is 0 Å². The molecule has 2 aromatic rings. The minimum Gasteiger partial charge on any atom is -0.507 e. The van der Waals surface area contributed by atoms with Crippen molar-refractivity contribution in [2.75, 3.05) is 13.2 Å². The van der Waals surface area contributed by atoms with E-state index >= 15 is 0 Å². The monoisotopic (exact) mass is 482 g/mol. The Bertz CT molecular complexity index is 1150. The summed E-state index contributed by atoms with van der Waals surface area (Å²) in [6.07, 6.45) is -4.28. The number of halogens is 3. The van der Waals surface area contributed by atoms with Gasteiger partial charge in [0.1, 0.15) is 23.5 Å². The zero-order valence-electron chi connectivity index (χ0n) is 18.9. The van der Waals surface area contributed by atoms with Gasteiger partial charge in [0.15, 0.2) is 0 Å². The third kappa shape index (κ3) is 5.77. The summed E-state index contributed by atoms with van der Waals surface area (Å²) in [7, 11) is 0. The fourth-order valence-electron chi connectivity index (χ4n) is 3.55. The number of rotatable bonds is 5. The van der Waals surface area contributed by atoms with Crippen LogP contribution in [0.15, 0.2) is 29.1 Å². The fourth-order valence-corrected chi connectivity index (χ4v) is 3.55. The lowest BCUT2D eigenvalue weighted by molar-refractivity contribution is -0.153. The SMILES string of the molecule is CC(C)(C)OC(=O)CNC(=O)c1c(O)c2c(n(Cc3ccc(C(F)(F)F)cc3)c1=O)COCC2. The fraction of sp³-hybridized carbons (Fsp3) is 0.435. The van der Waals surface area contributed by atoms with Crippen LogP contribution in [0.5, 0.6) is 5.75 Å². The zero-order chi connectivity index (χ0) is 25.3. The van der Waals surface area contributed by atoms with Gasteiger partial charge in [0.05, 0.1) is 31.0 Å². The van der Waals surface area contributed by atoms with Crippen LogP contribution >= 0.6 is 0 Å². The number of carbonyl (C=O) groups is 2. The predicted octanol–water partition coefficient (Wildman–Crippen LogP) is 2.77. The van der Waals surface area contributed by atoms with Crippen LogP contribution in [0, 0.1) is 0 Å².